The number of rotatable bonds is 11. The Morgan fingerprint density at radius 2 is 1.82 bits per heavy atom. The van der Waals surface area contributed by atoms with E-state index < -0.39 is 5.60 Å². The molecule has 1 rings (SSSR count). The van der Waals surface area contributed by atoms with E-state index in [0.717, 1.165) is 44.2 Å². The number of halogens is 1. The first kappa shape index (κ1) is 26.6. The minimum Gasteiger partial charge on any atom is -0.388 e. The van der Waals surface area contributed by atoms with Crippen LogP contribution in [0.5, 0.6) is 0 Å². The molecule has 0 atom stereocenters. The zero-order valence-corrected chi connectivity index (χ0v) is 20.0. The van der Waals surface area contributed by atoms with E-state index in [-0.39, 0.29) is 29.9 Å². The Labute approximate surface area is 187 Å². The molecule has 160 valence electrons. The number of carbonyl (C=O) groups excluding carboxylic acids is 1. The lowest BCUT2D eigenvalue weighted by Gasteiger charge is -2.26. The molecule has 0 aliphatic heterocycles. The summed E-state index contributed by atoms with van der Waals surface area (Å²) in [6, 6.07) is 7.63. The fraction of sp³-hybridized carbons (Fsp3) is 0.619. The number of nitrogens with one attached hydrogen (secondary N) is 3. The standard InChI is InChI=1S/C21H36N4O2.HI/c1-5-12-21(27,13-6-2)16-25-20(23-7-3)24-14-11-17-9-8-10-18(15-17)19(26)22-4;/h8-10,15,27H,5-7,11-14,16H2,1-4H3,(H,22,26)(H2,23,24,25);1H. The topological polar surface area (TPSA) is 85.8 Å². The first-order chi connectivity index (χ1) is 13.0. The lowest BCUT2D eigenvalue weighted by molar-refractivity contribution is 0.0306. The Hall–Kier alpha value is -1.35. The van der Waals surface area contributed by atoms with Gasteiger partial charge >= 0.3 is 0 Å². The third-order valence-electron chi connectivity index (χ3n) is 4.43. The number of hydrogen-bond donors (Lipinski definition) is 4. The van der Waals surface area contributed by atoms with Crippen molar-refractivity contribution < 1.29 is 9.90 Å². The van der Waals surface area contributed by atoms with Crippen molar-refractivity contribution >= 4 is 35.8 Å². The maximum atomic E-state index is 11.7. The van der Waals surface area contributed by atoms with Crippen molar-refractivity contribution in [2.75, 3.05) is 26.7 Å². The van der Waals surface area contributed by atoms with Gasteiger partial charge in [-0.2, -0.15) is 0 Å². The van der Waals surface area contributed by atoms with Crippen LogP contribution >= 0.6 is 24.0 Å². The average molecular weight is 504 g/mol. The molecule has 0 heterocycles. The third-order valence-corrected chi connectivity index (χ3v) is 4.43. The highest BCUT2D eigenvalue weighted by Crippen LogP contribution is 2.19. The van der Waals surface area contributed by atoms with Gasteiger partial charge in [-0.25, -0.2) is 0 Å². The molecule has 6 nitrogen and oxygen atoms in total. The highest BCUT2D eigenvalue weighted by Gasteiger charge is 2.24. The fourth-order valence-corrected chi connectivity index (χ4v) is 3.12. The number of benzene rings is 1. The molecular weight excluding hydrogens is 467 g/mol. The Bertz CT molecular complexity index is 602. The molecule has 0 unspecified atom stereocenters. The number of hydrogen-bond acceptors (Lipinski definition) is 3. The van der Waals surface area contributed by atoms with Crippen LogP contribution in [0.25, 0.3) is 0 Å². The summed E-state index contributed by atoms with van der Waals surface area (Å²) in [5.74, 6) is 0.636. The van der Waals surface area contributed by atoms with E-state index in [2.05, 4.69) is 34.8 Å². The van der Waals surface area contributed by atoms with Crippen molar-refractivity contribution in [3.05, 3.63) is 35.4 Å². The van der Waals surface area contributed by atoms with Crippen molar-refractivity contribution in [3.63, 3.8) is 0 Å². The van der Waals surface area contributed by atoms with Gasteiger partial charge in [0.25, 0.3) is 5.91 Å². The van der Waals surface area contributed by atoms with Gasteiger partial charge in [0.2, 0.25) is 0 Å². The number of nitrogens with zero attached hydrogens (tertiary/aromatic N) is 1. The van der Waals surface area contributed by atoms with E-state index in [0.29, 0.717) is 24.6 Å². The number of amides is 1. The summed E-state index contributed by atoms with van der Waals surface area (Å²) in [5.41, 5.74) is 1.03. The Balaban J connectivity index is 0.00000729. The van der Waals surface area contributed by atoms with Crippen molar-refractivity contribution in [1.29, 1.82) is 0 Å². The van der Waals surface area contributed by atoms with Gasteiger partial charge in [0.15, 0.2) is 5.96 Å². The Kier molecular flexibility index (Phi) is 13.9. The second-order valence-electron chi connectivity index (χ2n) is 6.88. The smallest absolute Gasteiger partial charge is 0.251 e. The Morgan fingerprint density at radius 1 is 1.14 bits per heavy atom. The van der Waals surface area contributed by atoms with Crippen LogP contribution < -0.4 is 16.0 Å². The zero-order valence-electron chi connectivity index (χ0n) is 17.7. The largest absolute Gasteiger partial charge is 0.388 e. The number of aliphatic imine (C=N–C) groups is 1. The number of guanidine groups is 1. The normalized spacial score (nSPS) is 11.5. The minimum absolute atomic E-state index is 0. The van der Waals surface area contributed by atoms with Crippen LogP contribution in [0.3, 0.4) is 0 Å². The zero-order chi connectivity index (χ0) is 20.1. The monoisotopic (exact) mass is 504 g/mol. The van der Waals surface area contributed by atoms with E-state index in [4.69, 9.17) is 0 Å². The molecule has 7 heteroatoms. The van der Waals surface area contributed by atoms with Crippen LogP contribution in [-0.4, -0.2) is 49.3 Å². The predicted octanol–water partition coefficient (Wildman–Crippen LogP) is 3.09. The summed E-state index contributed by atoms with van der Waals surface area (Å²) in [7, 11) is 1.63. The second kappa shape index (κ2) is 14.6. The summed E-state index contributed by atoms with van der Waals surface area (Å²) in [6.45, 7) is 8.05. The van der Waals surface area contributed by atoms with Gasteiger partial charge in [0.1, 0.15) is 0 Å². The molecular formula is C21H37IN4O2. The van der Waals surface area contributed by atoms with Gasteiger partial charge in [0, 0.05) is 25.7 Å². The van der Waals surface area contributed by atoms with Gasteiger partial charge in [-0.05, 0) is 43.9 Å². The predicted molar refractivity (Wildman–Crippen MR) is 128 cm³/mol. The number of aliphatic hydroxyl groups is 1. The molecule has 0 fully saturated rings. The average Bonchev–Trinajstić information content (AvgIpc) is 2.66. The highest BCUT2D eigenvalue weighted by atomic mass is 127. The van der Waals surface area contributed by atoms with Gasteiger partial charge in [0.05, 0.1) is 12.1 Å². The number of carbonyl (C=O) groups is 1. The molecule has 0 saturated heterocycles. The van der Waals surface area contributed by atoms with E-state index >= 15 is 0 Å². The molecule has 1 aromatic rings. The summed E-state index contributed by atoms with van der Waals surface area (Å²) in [5, 5.41) is 19.9. The van der Waals surface area contributed by atoms with Crippen molar-refractivity contribution in [3.8, 4) is 0 Å². The van der Waals surface area contributed by atoms with E-state index in [1.807, 2.05) is 31.2 Å². The van der Waals surface area contributed by atoms with Crippen LogP contribution in [0.15, 0.2) is 29.3 Å². The van der Waals surface area contributed by atoms with Crippen molar-refractivity contribution in [1.82, 2.24) is 16.0 Å². The summed E-state index contributed by atoms with van der Waals surface area (Å²) < 4.78 is 0. The minimum atomic E-state index is -0.728. The quantitative estimate of drug-likeness (QED) is 0.212. The first-order valence-electron chi connectivity index (χ1n) is 10.0. The molecule has 0 saturated carbocycles. The third kappa shape index (κ3) is 9.73. The maximum Gasteiger partial charge on any atom is 0.251 e. The molecule has 0 radical (unpaired) electrons. The van der Waals surface area contributed by atoms with Gasteiger partial charge in [-0.15, -0.1) is 24.0 Å². The van der Waals surface area contributed by atoms with Crippen molar-refractivity contribution in [2.45, 2.75) is 58.5 Å². The Morgan fingerprint density at radius 3 is 2.39 bits per heavy atom. The molecule has 0 aromatic heterocycles. The molecule has 1 aromatic carbocycles. The van der Waals surface area contributed by atoms with E-state index in [1.165, 1.54) is 0 Å². The highest BCUT2D eigenvalue weighted by molar-refractivity contribution is 14.0. The van der Waals surface area contributed by atoms with Crippen LogP contribution in [-0.2, 0) is 6.42 Å². The van der Waals surface area contributed by atoms with Gasteiger partial charge < -0.3 is 21.1 Å². The molecule has 0 spiro atoms. The van der Waals surface area contributed by atoms with Gasteiger partial charge in [-0.3, -0.25) is 9.79 Å². The molecule has 0 aliphatic carbocycles. The SMILES string of the molecule is CCCC(O)(CCC)CN=C(NCC)NCCc1cccc(C(=O)NC)c1.I. The molecule has 0 aliphatic rings. The van der Waals surface area contributed by atoms with E-state index in [1.54, 1.807) is 7.05 Å². The summed E-state index contributed by atoms with van der Waals surface area (Å²) in [6.07, 6.45) is 4.19. The maximum absolute atomic E-state index is 11.7. The van der Waals surface area contributed by atoms with E-state index in [9.17, 15) is 9.90 Å². The second-order valence-corrected chi connectivity index (χ2v) is 6.88. The lowest BCUT2D eigenvalue weighted by atomic mass is 9.93. The van der Waals surface area contributed by atoms with Crippen molar-refractivity contribution in [2.24, 2.45) is 4.99 Å². The molecule has 4 N–H and O–H groups in total. The molecule has 0 bridgehead atoms. The molecule has 1 amide bonds. The summed E-state index contributed by atoms with van der Waals surface area (Å²) >= 11 is 0. The lowest BCUT2D eigenvalue weighted by Crippen LogP contribution is -2.40. The van der Waals surface area contributed by atoms with Crippen LogP contribution in [0.1, 0.15) is 62.4 Å². The van der Waals surface area contributed by atoms with Crippen LogP contribution in [0.2, 0.25) is 0 Å². The van der Waals surface area contributed by atoms with Gasteiger partial charge in [-0.1, -0.05) is 38.8 Å². The fourth-order valence-electron chi connectivity index (χ4n) is 3.12. The van der Waals surface area contributed by atoms with Crippen LogP contribution in [0, 0.1) is 0 Å². The first-order valence-corrected chi connectivity index (χ1v) is 10.0. The summed E-state index contributed by atoms with van der Waals surface area (Å²) in [4.78, 5) is 16.3. The van der Waals surface area contributed by atoms with Crippen LogP contribution in [0.4, 0.5) is 0 Å². The molecule has 28 heavy (non-hydrogen) atoms.